The van der Waals surface area contributed by atoms with Crippen molar-refractivity contribution in [2.45, 2.75) is 69.9 Å². The van der Waals surface area contributed by atoms with Gasteiger partial charge in [-0.15, -0.1) is 0 Å². The third kappa shape index (κ3) is 2.79. The fourth-order valence-electron chi connectivity index (χ4n) is 7.28. The highest BCUT2D eigenvalue weighted by molar-refractivity contribution is 5.83. The average molecular weight is 407 g/mol. The van der Waals surface area contributed by atoms with Gasteiger partial charge in [0.1, 0.15) is 18.4 Å². The Morgan fingerprint density at radius 2 is 2.10 bits per heavy atom. The molecule has 0 radical (unpaired) electrons. The molecule has 0 spiro atoms. The molecule has 5 aliphatic rings. The number of nitrogens with zero attached hydrogens (tertiary/aromatic N) is 3. The molecule has 158 valence electrons. The third-order valence-electron chi connectivity index (χ3n) is 8.20. The lowest BCUT2D eigenvalue weighted by Gasteiger charge is -2.61. The van der Waals surface area contributed by atoms with Gasteiger partial charge in [-0.05, 0) is 87.3 Å². The fourth-order valence-corrected chi connectivity index (χ4v) is 7.28. The summed E-state index contributed by atoms with van der Waals surface area (Å²) in [6.07, 6.45) is 12.1. The zero-order valence-corrected chi connectivity index (χ0v) is 17.6. The first kappa shape index (κ1) is 18.4. The summed E-state index contributed by atoms with van der Waals surface area (Å²) in [7, 11) is 0. The second-order valence-corrected chi connectivity index (χ2v) is 10.3. The molecular weight excluding hydrogens is 376 g/mol. The Morgan fingerprint density at radius 3 is 2.87 bits per heavy atom. The van der Waals surface area contributed by atoms with Crippen molar-refractivity contribution in [3.8, 4) is 5.75 Å². The van der Waals surface area contributed by atoms with Crippen molar-refractivity contribution < 1.29 is 9.53 Å². The standard InChI is InChI=1S/C24H30N4O2/c1-16(19-4-5-21-20(8-19)3-2-6-30-21)27-22(29)23-9-17-7-18(10-23)12-24(11-17,13-23)28-15-25-14-26-28/h4-5,8,14-18H,2-3,6-7,9-13H2,1H3,(H,27,29)/t16-,17-,18+,23?,24?/m0/s1. The van der Waals surface area contributed by atoms with E-state index in [1.807, 2.05) is 6.33 Å². The third-order valence-corrected chi connectivity index (χ3v) is 8.20. The largest absolute Gasteiger partial charge is 0.493 e. The summed E-state index contributed by atoms with van der Waals surface area (Å²) in [4.78, 5) is 17.9. The Balaban J connectivity index is 1.25. The van der Waals surface area contributed by atoms with E-state index in [0.29, 0.717) is 11.8 Å². The summed E-state index contributed by atoms with van der Waals surface area (Å²) in [5, 5.41) is 7.91. The van der Waals surface area contributed by atoms with E-state index in [0.717, 1.165) is 57.3 Å². The smallest absolute Gasteiger partial charge is 0.226 e. The summed E-state index contributed by atoms with van der Waals surface area (Å²) >= 11 is 0. The number of hydrogen-bond donors (Lipinski definition) is 1. The quantitative estimate of drug-likeness (QED) is 0.839. The zero-order valence-electron chi connectivity index (χ0n) is 17.6. The predicted molar refractivity (Wildman–Crippen MR) is 112 cm³/mol. The summed E-state index contributed by atoms with van der Waals surface area (Å²) in [6, 6.07) is 6.39. The predicted octanol–water partition coefficient (Wildman–Crippen LogP) is 3.78. The van der Waals surface area contributed by atoms with Crippen molar-refractivity contribution in [1.29, 1.82) is 0 Å². The maximum absolute atomic E-state index is 13.7. The van der Waals surface area contributed by atoms with Crippen molar-refractivity contribution >= 4 is 5.91 Å². The first-order valence-electron chi connectivity index (χ1n) is 11.5. The Bertz CT molecular complexity index is 956. The Kier molecular flexibility index (Phi) is 4.03. The van der Waals surface area contributed by atoms with Crippen LogP contribution >= 0.6 is 0 Å². The fraction of sp³-hybridized carbons (Fsp3) is 0.625. The number of rotatable bonds is 4. The van der Waals surface area contributed by atoms with Crippen LogP contribution in [0.1, 0.15) is 69.0 Å². The van der Waals surface area contributed by atoms with Crippen molar-refractivity contribution in [2.24, 2.45) is 17.3 Å². The molecule has 4 fully saturated rings. The SMILES string of the molecule is C[C@H](NC(=O)C12C[C@H]3C[C@@H](C1)CC(n1cncn1)(C3)C2)c1ccc2c(c1)CCCO2. The molecule has 2 heterocycles. The molecule has 4 bridgehead atoms. The molecule has 1 N–H and O–H groups in total. The maximum atomic E-state index is 13.7. The van der Waals surface area contributed by atoms with E-state index in [1.54, 1.807) is 6.33 Å². The van der Waals surface area contributed by atoms with Gasteiger partial charge >= 0.3 is 0 Å². The van der Waals surface area contributed by atoms with Gasteiger partial charge in [-0.25, -0.2) is 9.67 Å². The topological polar surface area (TPSA) is 69.0 Å². The van der Waals surface area contributed by atoms with Crippen molar-refractivity contribution in [1.82, 2.24) is 20.1 Å². The van der Waals surface area contributed by atoms with Gasteiger partial charge in [-0.3, -0.25) is 4.79 Å². The molecule has 30 heavy (non-hydrogen) atoms. The van der Waals surface area contributed by atoms with Crippen LogP contribution < -0.4 is 10.1 Å². The van der Waals surface area contributed by atoms with Crippen LogP contribution in [0.5, 0.6) is 5.75 Å². The van der Waals surface area contributed by atoms with Crippen LogP contribution in [0.2, 0.25) is 0 Å². The van der Waals surface area contributed by atoms with Gasteiger partial charge in [0.15, 0.2) is 0 Å². The van der Waals surface area contributed by atoms with Gasteiger partial charge in [-0.1, -0.05) is 12.1 Å². The summed E-state index contributed by atoms with van der Waals surface area (Å²) in [5.74, 6) is 2.48. The van der Waals surface area contributed by atoms with Gasteiger partial charge in [-0.2, -0.15) is 5.10 Å². The Labute approximate surface area is 177 Å². The van der Waals surface area contributed by atoms with E-state index in [2.05, 4.69) is 45.2 Å². The van der Waals surface area contributed by atoms with Crippen molar-refractivity contribution in [2.75, 3.05) is 6.61 Å². The van der Waals surface area contributed by atoms with Gasteiger partial charge < -0.3 is 10.1 Å². The molecular formula is C24H30N4O2. The van der Waals surface area contributed by atoms with Crippen molar-refractivity contribution in [3.63, 3.8) is 0 Å². The number of carbonyl (C=O) groups is 1. The van der Waals surface area contributed by atoms with Crippen LogP contribution in [0.4, 0.5) is 0 Å². The van der Waals surface area contributed by atoms with E-state index >= 15 is 0 Å². The van der Waals surface area contributed by atoms with E-state index in [-0.39, 0.29) is 22.9 Å². The molecule has 7 rings (SSSR count). The van der Waals surface area contributed by atoms with Crippen LogP contribution in [0.15, 0.2) is 30.9 Å². The molecule has 4 aliphatic carbocycles. The molecule has 1 aliphatic heterocycles. The average Bonchev–Trinajstić information content (AvgIpc) is 3.28. The van der Waals surface area contributed by atoms with Crippen LogP contribution in [-0.4, -0.2) is 27.3 Å². The van der Waals surface area contributed by atoms with Gasteiger partial charge in [0.2, 0.25) is 5.91 Å². The number of fused-ring (bicyclic) bond motifs is 1. The lowest BCUT2D eigenvalue weighted by atomic mass is 9.46. The minimum absolute atomic E-state index is 0.0000473. The number of amides is 1. The van der Waals surface area contributed by atoms with Crippen LogP contribution in [0, 0.1) is 17.3 Å². The molecule has 2 unspecified atom stereocenters. The van der Waals surface area contributed by atoms with E-state index in [1.165, 1.54) is 17.5 Å². The summed E-state index contributed by atoms with van der Waals surface area (Å²) in [5.41, 5.74) is 2.15. The van der Waals surface area contributed by atoms with Crippen LogP contribution in [0.25, 0.3) is 0 Å². The van der Waals surface area contributed by atoms with Crippen LogP contribution in [-0.2, 0) is 16.8 Å². The number of benzene rings is 1. The second-order valence-electron chi connectivity index (χ2n) is 10.3. The number of aromatic nitrogens is 3. The van der Waals surface area contributed by atoms with Gasteiger partial charge in [0.25, 0.3) is 0 Å². The monoisotopic (exact) mass is 406 g/mol. The molecule has 0 saturated heterocycles. The highest BCUT2D eigenvalue weighted by Crippen LogP contribution is 2.64. The molecule has 6 nitrogen and oxygen atoms in total. The summed E-state index contributed by atoms with van der Waals surface area (Å²) in [6.45, 7) is 2.91. The first-order valence-corrected chi connectivity index (χ1v) is 11.5. The molecule has 6 heteroatoms. The van der Waals surface area contributed by atoms with E-state index in [4.69, 9.17) is 4.74 Å². The van der Waals surface area contributed by atoms with Crippen LogP contribution in [0.3, 0.4) is 0 Å². The minimum Gasteiger partial charge on any atom is -0.493 e. The molecule has 2 aromatic rings. The number of hydrogen-bond acceptors (Lipinski definition) is 4. The van der Waals surface area contributed by atoms with E-state index < -0.39 is 0 Å². The molecule has 1 amide bonds. The Hall–Kier alpha value is -2.37. The lowest BCUT2D eigenvalue weighted by Crippen LogP contribution is -2.61. The van der Waals surface area contributed by atoms with E-state index in [9.17, 15) is 4.79 Å². The number of carbonyl (C=O) groups excluding carboxylic acids is 1. The minimum atomic E-state index is -0.262. The second kappa shape index (κ2) is 6.56. The molecule has 1 aromatic heterocycles. The highest BCUT2D eigenvalue weighted by Gasteiger charge is 2.61. The highest BCUT2D eigenvalue weighted by atomic mass is 16.5. The first-order chi connectivity index (χ1) is 14.6. The number of nitrogens with one attached hydrogen (secondary N) is 1. The lowest BCUT2D eigenvalue weighted by molar-refractivity contribution is -0.156. The Morgan fingerprint density at radius 1 is 1.27 bits per heavy atom. The zero-order chi connectivity index (χ0) is 20.3. The molecule has 5 atom stereocenters. The van der Waals surface area contributed by atoms with Crippen molar-refractivity contribution in [3.05, 3.63) is 42.0 Å². The number of aryl methyl sites for hydroxylation is 1. The maximum Gasteiger partial charge on any atom is 0.226 e. The van der Waals surface area contributed by atoms with Gasteiger partial charge in [0.05, 0.1) is 23.6 Å². The summed E-state index contributed by atoms with van der Waals surface area (Å²) < 4.78 is 7.82. The normalized spacial score (nSPS) is 34.8. The molecule has 1 aromatic carbocycles. The van der Waals surface area contributed by atoms with Gasteiger partial charge in [0, 0.05) is 0 Å². The molecule has 4 saturated carbocycles. The number of ether oxygens (including phenoxy) is 1.